The predicted molar refractivity (Wildman–Crippen MR) is 118 cm³/mol. The van der Waals surface area contributed by atoms with Crippen molar-refractivity contribution in [1.29, 1.82) is 0 Å². The van der Waals surface area contributed by atoms with E-state index < -0.39 is 0 Å². The second-order valence-electron chi connectivity index (χ2n) is 5.30. The van der Waals surface area contributed by atoms with Crippen molar-refractivity contribution in [3.8, 4) is 0 Å². The molecule has 0 radical (unpaired) electrons. The fourth-order valence-electron chi connectivity index (χ4n) is 2.07. The SMILES string of the molecule is O=C(CSCc1c(Cl)cccc1Cl)NCCSCc1c(Cl)cccc1Cl. The fraction of sp³-hybridized carbons (Fsp3) is 0.278. The molecule has 0 saturated heterocycles. The highest BCUT2D eigenvalue weighted by atomic mass is 35.5. The molecule has 0 atom stereocenters. The van der Waals surface area contributed by atoms with Gasteiger partial charge in [0, 0.05) is 43.9 Å². The minimum Gasteiger partial charge on any atom is -0.355 e. The first-order valence-electron chi connectivity index (χ1n) is 7.77. The van der Waals surface area contributed by atoms with Crippen LogP contribution in [-0.4, -0.2) is 24.0 Å². The van der Waals surface area contributed by atoms with Crippen LogP contribution in [0.1, 0.15) is 11.1 Å². The molecule has 0 spiro atoms. The van der Waals surface area contributed by atoms with Gasteiger partial charge in [0.25, 0.3) is 0 Å². The largest absolute Gasteiger partial charge is 0.355 e. The summed E-state index contributed by atoms with van der Waals surface area (Å²) in [6, 6.07) is 10.9. The number of amides is 1. The highest BCUT2D eigenvalue weighted by molar-refractivity contribution is 7.99. The summed E-state index contributed by atoms with van der Waals surface area (Å²) >= 11 is 27.7. The summed E-state index contributed by atoms with van der Waals surface area (Å²) in [5.74, 6) is 2.46. The molecule has 0 unspecified atom stereocenters. The van der Waals surface area contributed by atoms with E-state index in [0.717, 1.165) is 16.9 Å². The third kappa shape index (κ3) is 7.06. The van der Waals surface area contributed by atoms with E-state index >= 15 is 0 Å². The molecule has 0 aliphatic rings. The Morgan fingerprint density at radius 2 is 1.27 bits per heavy atom. The van der Waals surface area contributed by atoms with Gasteiger partial charge in [-0.2, -0.15) is 11.8 Å². The van der Waals surface area contributed by atoms with Crippen molar-refractivity contribution >= 4 is 75.8 Å². The highest BCUT2D eigenvalue weighted by Crippen LogP contribution is 2.29. The normalized spacial score (nSPS) is 10.8. The van der Waals surface area contributed by atoms with Gasteiger partial charge in [-0.15, -0.1) is 11.8 Å². The molecule has 1 N–H and O–H groups in total. The number of hydrogen-bond donors (Lipinski definition) is 1. The molecule has 8 heteroatoms. The number of halogens is 4. The first-order chi connectivity index (χ1) is 12.5. The van der Waals surface area contributed by atoms with E-state index in [4.69, 9.17) is 46.4 Å². The Kier molecular flexibility index (Phi) is 9.82. The maximum atomic E-state index is 11.9. The van der Waals surface area contributed by atoms with Crippen LogP contribution in [-0.2, 0) is 16.3 Å². The minimum atomic E-state index is -0.00504. The molecule has 140 valence electrons. The first kappa shape index (κ1) is 22.1. The number of carbonyl (C=O) groups excluding carboxylic acids is 1. The summed E-state index contributed by atoms with van der Waals surface area (Å²) in [6.45, 7) is 0.596. The van der Waals surface area contributed by atoms with E-state index in [1.54, 1.807) is 30.0 Å². The standard InChI is InChI=1S/C18H17Cl4NOS2/c19-14-3-1-4-15(20)12(14)9-25-8-7-23-18(24)11-26-10-13-16(21)5-2-6-17(13)22/h1-6H,7-11H2,(H,23,24). The zero-order valence-electron chi connectivity index (χ0n) is 13.7. The molecule has 26 heavy (non-hydrogen) atoms. The van der Waals surface area contributed by atoms with Crippen LogP contribution in [0.5, 0.6) is 0 Å². The quantitative estimate of drug-likeness (QED) is 0.421. The summed E-state index contributed by atoms with van der Waals surface area (Å²) in [7, 11) is 0. The van der Waals surface area contributed by atoms with Gasteiger partial charge in [0.2, 0.25) is 5.91 Å². The molecule has 2 aromatic carbocycles. The van der Waals surface area contributed by atoms with Crippen molar-refractivity contribution in [1.82, 2.24) is 5.32 Å². The molecular weight excluding hydrogens is 452 g/mol. The fourth-order valence-corrected chi connectivity index (χ4v) is 5.26. The van der Waals surface area contributed by atoms with E-state index in [0.29, 0.717) is 43.9 Å². The smallest absolute Gasteiger partial charge is 0.230 e. The number of carbonyl (C=O) groups is 1. The number of hydrogen-bond acceptors (Lipinski definition) is 3. The van der Waals surface area contributed by atoms with Crippen LogP contribution in [0.2, 0.25) is 20.1 Å². The van der Waals surface area contributed by atoms with Gasteiger partial charge in [-0.1, -0.05) is 58.5 Å². The molecule has 0 aliphatic carbocycles. The van der Waals surface area contributed by atoms with Crippen molar-refractivity contribution in [2.75, 3.05) is 18.1 Å². The van der Waals surface area contributed by atoms with Crippen molar-refractivity contribution in [3.63, 3.8) is 0 Å². The van der Waals surface area contributed by atoms with Crippen LogP contribution in [0, 0.1) is 0 Å². The van der Waals surface area contributed by atoms with Crippen molar-refractivity contribution in [2.45, 2.75) is 11.5 Å². The van der Waals surface area contributed by atoms with Crippen molar-refractivity contribution in [3.05, 3.63) is 67.6 Å². The Hall–Kier alpha value is -0.230. The van der Waals surface area contributed by atoms with Crippen molar-refractivity contribution < 1.29 is 4.79 Å². The third-order valence-corrected chi connectivity index (χ3v) is 6.78. The average Bonchev–Trinajstić information content (AvgIpc) is 2.59. The Labute approximate surface area is 182 Å². The lowest BCUT2D eigenvalue weighted by molar-refractivity contribution is -0.118. The molecule has 1 amide bonds. The number of rotatable bonds is 9. The zero-order chi connectivity index (χ0) is 18.9. The molecule has 0 heterocycles. The first-order valence-corrected chi connectivity index (χ1v) is 11.6. The Morgan fingerprint density at radius 3 is 1.77 bits per heavy atom. The molecule has 0 fully saturated rings. The monoisotopic (exact) mass is 467 g/mol. The Morgan fingerprint density at radius 1 is 0.808 bits per heavy atom. The van der Waals surface area contributed by atoms with Crippen LogP contribution in [0.3, 0.4) is 0 Å². The number of nitrogens with one attached hydrogen (secondary N) is 1. The van der Waals surface area contributed by atoms with Crippen LogP contribution >= 0.6 is 69.9 Å². The molecule has 0 aromatic heterocycles. The van der Waals surface area contributed by atoms with Gasteiger partial charge in [0.05, 0.1) is 5.75 Å². The molecule has 0 bridgehead atoms. The second kappa shape index (κ2) is 11.6. The van der Waals surface area contributed by atoms with Crippen LogP contribution < -0.4 is 5.32 Å². The van der Waals surface area contributed by atoms with E-state index in [2.05, 4.69) is 5.32 Å². The molecule has 2 aromatic rings. The Bertz CT molecular complexity index is 717. The highest BCUT2D eigenvalue weighted by Gasteiger charge is 2.08. The lowest BCUT2D eigenvalue weighted by Crippen LogP contribution is -2.27. The van der Waals surface area contributed by atoms with Gasteiger partial charge < -0.3 is 5.32 Å². The molecular formula is C18H17Cl4NOS2. The second-order valence-corrected chi connectivity index (χ2v) is 9.02. The predicted octanol–water partition coefficient (Wildman–Crippen LogP) is 6.58. The topological polar surface area (TPSA) is 29.1 Å². The van der Waals surface area contributed by atoms with Gasteiger partial charge in [0.1, 0.15) is 0 Å². The van der Waals surface area contributed by atoms with Gasteiger partial charge in [-0.05, 0) is 35.4 Å². The summed E-state index contributed by atoms with van der Waals surface area (Å²) in [5.41, 5.74) is 1.79. The minimum absolute atomic E-state index is 0.00504. The third-order valence-electron chi connectivity index (χ3n) is 3.42. The molecule has 0 aliphatic heterocycles. The summed E-state index contributed by atoms with van der Waals surface area (Å²) in [6.07, 6.45) is 0. The van der Waals surface area contributed by atoms with E-state index in [1.165, 1.54) is 11.8 Å². The van der Waals surface area contributed by atoms with E-state index in [1.807, 2.05) is 18.2 Å². The van der Waals surface area contributed by atoms with Gasteiger partial charge >= 0.3 is 0 Å². The maximum absolute atomic E-state index is 11.9. The summed E-state index contributed by atoms with van der Waals surface area (Å²) < 4.78 is 0. The maximum Gasteiger partial charge on any atom is 0.230 e. The van der Waals surface area contributed by atoms with Crippen molar-refractivity contribution in [2.24, 2.45) is 0 Å². The summed E-state index contributed by atoms with van der Waals surface area (Å²) in [4.78, 5) is 11.9. The van der Waals surface area contributed by atoms with Crippen LogP contribution in [0.25, 0.3) is 0 Å². The van der Waals surface area contributed by atoms with E-state index in [9.17, 15) is 4.79 Å². The molecule has 2 nitrogen and oxygen atoms in total. The zero-order valence-corrected chi connectivity index (χ0v) is 18.4. The van der Waals surface area contributed by atoms with Crippen LogP contribution in [0.4, 0.5) is 0 Å². The van der Waals surface area contributed by atoms with Gasteiger partial charge in [-0.25, -0.2) is 0 Å². The van der Waals surface area contributed by atoms with E-state index in [-0.39, 0.29) is 5.91 Å². The lowest BCUT2D eigenvalue weighted by atomic mass is 10.2. The molecule has 2 rings (SSSR count). The number of thioether (sulfide) groups is 2. The van der Waals surface area contributed by atoms with Crippen LogP contribution in [0.15, 0.2) is 36.4 Å². The Balaban J connectivity index is 1.62. The lowest BCUT2D eigenvalue weighted by Gasteiger charge is -2.08. The number of benzene rings is 2. The summed E-state index contributed by atoms with van der Waals surface area (Å²) in [5, 5.41) is 5.49. The average molecular weight is 469 g/mol. The van der Waals surface area contributed by atoms with Gasteiger partial charge in [0.15, 0.2) is 0 Å². The van der Waals surface area contributed by atoms with Gasteiger partial charge in [-0.3, -0.25) is 4.79 Å². The molecule has 0 saturated carbocycles.